The molecular formula is C16H26N4O4. The highest BCUT2D eigenvalue weighted by Gasteiger charge is 2.28. The van der Waals surface area contributed by atoms with Crippen LogP contribution < -0.4 is 11.2 Å². The second kappa shape index (κ2) is 7.31. The maximum atomic E-state index is 12.7. The van der Waals surface area contributed by atoms with E-state index in [0.29, 0.717) is 44.0 Å². The minimum atomic E-state index is -0.867. The van der Waals surface area contributed by atoms with E-state index < -0.39 is 5.79 Å². The molecule has 0 spiro atoms. The van der Waals surface area contributed by atoms with Gasteiger partial charge in [-0.2, -0.15) is 0 Å². The van der Waals surface area contributed by atoms with Crippen molar-refractivity contribution in [3.8, 4) is 0 Å². The molecule has 134 valence electrons. The summed E-state index contributed by atoms with van der Waals surface area (Å²) in [5.74, 6) is -0.867. The molecule has 8 nitrogen and oxygen atoms in total. The van der Waals surface area contributed by atoms with Crippen LogP contribution >= 0.6 is 0 Å². The molecule has 2 aromatic rings. The molecule has 8 heteroatoms. The van der Waals surface area contributed by atoms with Gasteiger partial charge in [0.2, 0.25) is 0 Å². The summed E-state index contributed by atoms with van der Waals surface area (Å²) < 4.78 is 15.9. The average molecular weight is 338 g/mol. The molecule has 2 aromatic heterocycles. The first-order valence-corrected chi connectivity index (χ1v) is 8.38. The summed E-state index contributed by atoms with van der Waals surface area (Å²) in [5.41, 5.74) is 0.117. The zero-order valence-corrected chi connectivity index (χ0v) is 15.0. The summed E-state index contributed by atoms with van der Waals surface area (Å²) >= 11 is 0. The Kier molecular flexibility index (Phi) is 5.61. The Morgan fingerprint density at radius 1 is 1.04 bits per heavy atom. The molecule has 0 radical (unpaired) electrons. The zero-order chi connectivity index (χ0) is 17.9. The molecule has 0 saturated carbocycles. The number of aromatic nitrogens is 4. The Labute approximate surface area is 140 Å². The Morgan fingerprint density at radius 2 is 1.62 bits per heavy atom. The van der Waals surface area contributed by atoms with Crippen LogP contribution in [-0.4, -0.2) is 37.7 Å². The third-order valence-electron chi connectivity index (χ3n) is 3.97. The molecule has 0 bridgehead atoms. The van der Waals surface area contributed by atoms with Crippen LogP contribution in [0.1, 0.15) is 34.6 Å². The quantitative estimate of drug-likeness (QED) is 0.676. The highest BCUT2D eigenvalue weighted by atomic mass is 16.7. The van der Waals surface area contributed by atoms with Crippen LogP contribution in [0.3, 0.4) is 0 Å². The zero-order valence-electron chi connectivity index (χ0n) is 15.0. The van der Waals surface area contributed by atoms with E-state index >= 15 is 0 Å². The molecule has 0 aromatic carbocycles. The number of aryl methyl sites for hydroxylation is 1. The lowest BCUT2D eigenvalue weighted by molar-refractivity contribution is -0.228. The fourth-order valence-corrected chi connectivity index (χ4v) is 2.98. The van der Waals surface area contributed by atoms with Crippen molar-refractivity contribution in [1.29, 1.82) is 0 Å². The summed E-state index contributed by atoms with van der Waals surface area (Å²) in [7, 11) is 0. The van der Waals surface area contributed by atoms with Crippen LogP contribution in [0.15, 0.2) is 15.9 Å². The van der Waals surface area contributed by atoms with Gasteiger partial charge in [-0.1, -0.05) is 0 Å². The smallest absolute Gasteiger partial charge is 0.332 e. The maximum absolute atomic E-state index is 12.7. The molecule has 0 fully saturated rings. The van der Waals surface area contributed by atoms with Gasteiger partial charge in [0.15, 0.2) is 17.0 Å². The summed E-state index contributed by atoms with van der Waals surface area (Å²) in [6, 6.07) is 0. The molecular weight excluding hydrogens is 312 g/mol. The number of rotatable bonds is 8. The van der Waals surface area contributed by atoms with Crippen molar-refractivity contribution in [2.75, 3.05) is 13.2 Å². The fraction of sp³-hybridized carbons (Fsp3) is 0.688. The van der Waals surface area contributed by atoms with Gasteiger partial charge in [0.25, 0.3) is 5.56 Å². The number of hydrogen-bond acceptors (Lipinski definition) is 5. The average Bonchev–Trinajstić information content (AvgIpc) is 2.92. The molecule has 0 aliphatic carbocycles. The van der Waals surface area contributed by atoms with Gasteiger partial charge >= 0.3 is 5.69 Å². The number of hydrogen-bond donors (Lipinski definition) is 0. The summed E-state index contributed by atoms with van der Waals surface area (Å²) in [4.78, 5) is 29.4. The second-order valence-corrected chi connectivity index (χ2v) is 5.62. The minimum absolute atomic E-state index is 0.312. The van der Waals surface area contributed by atoms with Crippen LogP contribution in [0, 0.1) is 0 Å². The molecule has 0 aliphatic rings. The first-order chi connectivity index (χ1) is 11.4. The van der Waals surface area contributed by atoms with Crippen molar-refractivity contribution in [1.82, 2.24) is 18.7 Å². The lowest BCUT2D eigenvalue weighted by atomic mass is 10.3. The van der Waals surface area contributed by atoms with Gasteiger partial charge in [0, 0.05) is 26.3 Å². The molecule has 2 rings (SSSR count). The third-order valence-corrected chi connectivity index (χ3v) is 3.97. The third kappa shape index (κ3) is 3.16. The Hall–Kier alpha value is -1.93. The molecule has 0 amide bonds. The van der Waals surface area contributed by atoms with Crippen LogP contribution in [0.25, 0.3) is 11.2 Å². The summed E-state index contributed by atoms with van der Waals surface area (Å²) in [5, 5.41) is 0. The van der Waals surface area contributed by atoms with Crippen molar-refractivity contribution in [3.63, 3.8) is 0 Å². The molecule has 24 heavy (non-hydrogen) atoms. The van der Waals surface area contributed by atoms with Crippen molar-refractivity contribution >= 4 is 11.2 Å². The second-order valence-electron chi connectivity index (χ2n) is 5.62. The number of fused-ring (bicyclic) bond motifs is 1. The highest BCUT2D eigenvalue weighted by Crippen LogP contribution is 2.18. The van der Waals surface area contributed by atoms with E-state index in [-0.39, 0.29) is 11.2 Å². The van der Waals surface area contributed by atoms with Crippen molar-refractivity contribution in [3.05, 3.63) is 27.2 Å². The lowest BCUT2D eigenvalue weighted by Gasteiger charge is -2.29. The predicted octanol–water partition coefficient (Wildman–Crippen LogP) is 1.19. The monoisotopic (exact) mass is 338 g/mol. The van der Waals surface area contributed by atoms with Gasteiger partial charge < -0.3 is 14.0 Å². The van der Waals surface area contributed by atoms with Crippen molar-refractivity contribution in [2.24, 2.45) is 0 Å². The molecule has 0 saturated heterocycles. The van der Waals surface area contributed by atoms with Gasteiger partial charge in [0.1, 0.15) is 0 Å². The molecule has 0 atom stereocenters. The summed E-state index contributed by atoms with van der Waals surface area (Å²) in [6.07, 6.45) is 1.56. The van der Waals surface area contributed by atoms with E-state index in [9.17, 15) is 9.59 Å². The first kappa shape index (κ1) is 18.4. The van der Waals surface area contributed by atoms with Crippen LogP contribution in [0.2, 0.25) is 0 Å². The first-order valence-electron chi connectivity index (χ1n) is 8.38. The SMILES string of the molecule is CCOC(C)(Cn1cnc2c1c(=O)n(CC)c(=O)n2CC)OCC. The van der Waals surface area contributed by atoms with Gasteiger partial charge in [-0.05, 0) is 34.6 Å². The van der Waals surface area contributed by atoms with E-state index in [0.717, 1.165) is 0 Å². The Balaban J connectivity index is 2.65. The topological polar surface area (TPSA) is 80.3 Å². The highest BCUT2D eigenvalue weighted by molar-refractivity contribution is 5.70. The van der Waals surface area contributed by atoms with Crippen molar-refractivity contribution < 1.29 is 9.47 Å². The van der Waals surface area contributed by atoms with E-state index in [4.69, 9.17) is 9.47 Å². The van der Waals surface area contributed by atoms with Crippen molar-refractivity contribution in [2.45, 2.75) is 60.0 Å². The summed E-state index contributed by atoms with van der Waals surface area (Å²) in [6.45, 7) is 11.3. The Morgan fingerprint density at radius 3 is 2.12 bits per heavy atom. The van der Waals surface area contributed by atoms with Crippen LogP contribution in [0.5, 0.6) is 0 Å². The lowest BCUT2D eigenvalue weighted by Crippen LogP contribution is -2.41. The molecule has 0 unspecified atom stereocenters. The van der Waals surface area contributed by atoms with E-state index in [1.54, 1.807) is 17.8 Å². The maximum Gasteiger partial charge on any atom is 0.332 e. The normalized spacial score (nSPS) is 12.2. The minimum Gasteiger partial charge on any atom is -0.349 e. The van der Waals surface area contributed by atoms with Gasteiger partial charge in [-0.3, -0.25) is 13.9 Å². The molecule has 0 aliphatic heterocycles. The largest absolute Gasteiger partial charge is 0.349 e. The van der Waals surface area contributed by atoms with Gasteiger partial charge in [0.05, 0.1) is 12.9 Å². The fourth-order valence-electron chi connectivity index (χ4n) is 2.98. The molecule has 2 heterocycles. The van der Waals surface area contributed by atoms with E-state index in [1.165, 1.54) is 9.13 Å². The van der Waals surface area contributed by atoms with Crippen LogP contribution in [0.4, 0.5) is 0 Å². The number of imidazole rings is 1. The molecule has 0 N–H and O–H groups in total. The van der Waals surface area contributed by atoms with Gasteiger partial charge in [-0.25, -0.2) is 9.78 Å². The standard InChI is InChI=1S/C16H26N4O4/c1-6-19-13-12(14(21)20(7-2)15(19)22)18(11-17-13)10-16(5,23-8-3)24-9-4/h11H,6-10H2,1-5H3. The Bertz CT molecular complexity index is 812. The number of ether oxygens (including phenoxy) is 2. The number of nitrogens with zero attached hydrogens (tertiary/aromatic N) is 4. The van der Waals surface area contributed by atoms with E-state index in [1.807, 2.05) is 27.7 Å². The van der Waals surface area contributed by atoms with Gasteiger partial charge in [-0.15, -0.1) is 0 Å². The van der Waals surface area contributed by atoms with E-state index in [2.05, 4.69) is 4.98 Å². The van der Waals surface area contributed by atoms with Crippen LogP contribution in [-0.2, 0) is 29.1 Å². The predicted molar refractivity (Wildman–Crippen MR) is 91.3 cm³/mol.